The summed E-state index contributed by atoms with van der Waals surface area (Å²) in [6, 6.07) is 11.1. The first-order valence-electron chi connectivity index (χ1n) is 5.06. The highest BCUT2D eigenvalue weighted by Gasteiger charge is 2.05. The maximum absolute atomic E-state index is 10.8. The first-order chi connectivity index (χ1) is 8.69. The van der Waals surface area contributed by atoms with E-state index in [1.807, 2.05) is 6.07 Å². The molecule has 0 bridgehead atoms. The summed E-state index contributed by atoms with van der Waals surface area (Å²) in [6.45, 7) is 0. The van der Waals surface area contributed by atoms with E-state index in [2.05, 4.69) is 4.98 Å². The van der Waals surface area contributed by atoms with E-state index >= 15 is 0 Å². The van der Waals surface area contributed by atoms with E-state index < -0.39 is 5.97 Å². The van der Waals surface area contributed by atoms with Crippen LogP contribution in [0.15, 0.2) is 42.6 Å². The van der Waals surface area contributed by atoms with E-state index in [-0.39, 0.29) is 11.3 Å². The number of carbonyl (C=O) groups is 1. The lowest BCUT2D eigenvalue weighted by Crippen LogP contribution is -1.96. The van der Waals surface area contributed by atoms with Gasteiger partial charge in [-0.2, -0.15) is 5.26 Å². The predicted molar refractivity (Wildman–Crippen MR) is 62.4 cm³/mol. The molecule has 5 heteroatoms. The van der Waals surface area contributed by atoms with Crippen molar-refractivity contribution < 1.29 is 14.6 Å². The highest BCUT2D eigenvalue weighted by Crippen LogP contribution is 2.22. The summed E-state index contributed by atoms with van der Waals surface area (Å²) in [6.07, 6.45) is 1.45. The fourth-order valence-electron chi connectivity index (χ4n) is 1.36. The molecule has 88 valence electrons. The van der Waals surface area contributed by atoms with E-state index in [1.54, 1.807) is 18.2 Å². The number of ether oxygens (including phenoxy) is 1. The number of carboxylic acids is 1. The van der Waals surface area contributed by atoms with Gasteiger partial charge in [0.25, 0.3) is 0 Å². The van der Waals surface area contributed by atoms with E-state index in [0.29, 0.717) is 11.5 Å². The topological polar surface area (TPSA) is 83.2 Å². The number of nitriles is 1. The summed E-state index contributed by atoms with van der Waals surface area (Å²) < 4.78 is 5.46. The third-order valence-electron chi connectivity index (χ3n) is 2.16. The molecule has 0 spiro atoms. The molecular weight excluding hydrogens is 232 g/mol. The van der Waals surface area contributed by atoms with E-state index in [9.17, 15) is 4.79 Å². The minimum Gasteiger partial charge on any atom is -0.478 e. The van der Waals surface area contributed by atoms with Gasteiger partial charge in [0.05, 0.1) is 5.56 Å². The van der Waals surface area contributed by atoms with Crippen molar-refractivity contribution in [3.8, 4) is 17.6 Å². The summed E-state index contributed by atoms with van der Waals surface area (Å²) in [7, 11) is 0. The zero-order valence-electron chi connectivity index (χ0n) is 9.20. The minimum atomic E-state index is -1.02. The Hall–Kier alpha value is -2.87. The monoisotopic (exact) mass is 240 g/mol. The molecule has 0 aliphatic carbocycles. The second kappa shape index (κ2) is 4.97. The van der Waals surface area contributed by atoms with E-state index in [4.69, 9.17) is 15.1 Å². The smallest absolute Gasteiger partial charge is 0.335 e. The number of carboxylic acid groups (broad SMARTS) is 1. The van der Waals surface area contributed by atoms with Gasteiger partial charge in [-0.05, 0) is 24.3 Å². The molecule has 2 rings (SSSR count). The number of pyridine rings is 1. The zero-order chi connectivity index (χ0) is 13.0. The quantitative estimate of drug-likeness (QED) is 0.890. The van der Waals surface area contributed by atoms with Crippen LogP contribution in [0, 0.1) is 11.3 Å². The van der Waals surface area contributed by atoms with Gasteiger partial charge in [-0.1, -0.05) is 6.07 Å². The van der Waals surface area contributed by atoms with E-state index in [1.165, 1.54) is 24.4 Å². The first kappa shape index (κ1) is 11.6. The number of rotatable bonds is 3. The van der Waals surface area contributed by atoms with Crippen molar-refractivity contribution in [2.45, 2.75) is 0 Å². The fourth-order valence-corrected chi connectivity index (χ4v) is 1.36. The van der Waals surface area contributed by atoms with Gasteiger partial charge in [0, 0.05) is 12.3 Å². The fraction of sp³-hybridized carbons (Fsp3) is 0. The Labute approximate surface area is 103 Å². The molecule has 1 aromatic carbocycles. The van der Waals surface area contributed by atoms with Crippen molar-refractivity contribution in [2.24, 2.45) is 0 Å². The molecule has 1 aromatic heterocycles. The van der Waals surface area contributed by atoms with Crippen molar-refractivity contribution >= 4 is 5.97 Å². The van der Waals surface area contributed by atoms with Crippen LogP contribution in [0.1, 0.15) is 16.1 Å². The summed E-state index contributed by atoms with van der Waals surface area (Å²) in [5, 5.41) is 17.5. The Bertz CT molecular complexity index is 632. The number of hydrogen-bond acceptors (Lipinski definition) is 4. The highest BCUT2D eigenvalue weighted by atomic mass is 16.5. The lowest BCUT2D eigenvalue weighted by Gasteiger charge is -2.06. The van der Waals surface area contributed by atoms with Crippen LogP contribution in [-0.4, -0.2) is 16.1 Å². The van der Waals surface area contributed by atoms with Crippen LogP contribution in [0.25, 0.3) is 0 Å². The van der Waals surface area contributed by atoms with Crippen molar-refractivity contribution in [1.29, 1.82) is 5.26 Å². The standard InChI is InChI=1S/C13H8N2O3/c14-8-10-7-12(4-5-15-10)18-11-3-1-2-9(6-11)13(16)17/h1-7H,(H,16,17). The molecule has 18 heavy (non-hydrogen) atoms. The normalized spacial score (nSPS) is 9.50. The van der Waals surface area contributed by atoms with Crippen LogP contribution in [0.4, 0.5) is 0 Å². The van der Waals surface area contributed by atoms with Gasteiger partial charge in [-0.3, -0.25) is 0 Å². The molecule has 0 atom stereocenters. The minimum absolute atomic E-state index is 0.141. The molecule has 0 saturated carbocycles. The van der Waals surface area contributed by atoms with Gasteiger partial charge in [-0.25, -0.2) is 9.78 Å². The molecule has 5 nitrogen and oxygen atoms in total. The predicted octanol–water partition coefficient (Wildman–Crippen LogP) is 2.44. The summed E-state index contributed by atoms with van der Waals surface area (Å²) in [4.78, 5) is 14.6. The van der Waals surface area contributed by atoms with Gasteiger partial charge < -0.3 is 9.84 Å². The average Bonchev–Trinajstić information content (AvgIpc) is 2.39. The van der Waals surface area contributed by atoms with Gasteiger partial charge >= 0.3 is 5.97 Å². The molecule has 0 aliphatic heterocycles. The molecule has 0 aliphatic rings. The maximum atomic E-state index is 10.8. The molecule has 0 amide bonds. The van der Waals surface area contributed by atoms with Crippen LogP contribution >= 0.6 is 0 Å². The van der Waals surface area contributed by atoms with Gasteiger partial charge in [0.2, 0.25) is 0 Å². The second-order valence-corrected chi connectivity index (χ2v) is 3.42. The van der Waals surface area contributed by atoms with Crippen molar-refractivity contribution in [2.75, 3.05) is 0 Å². The van der Waals surface area contributed by atoms with Crippen LogP contribution in [-0.2, 0) is 0 Å². The van der Waals surface area contributed by atoms with Crippen molar-refractivity contribution in [3.05, 3.63) is 53.9 Å². The Morgan fingerprint density at radius 2 is 2.06 bits per heavy atom. The summed E-state index contributed by atoms with van der Waals surface area (Å²) in [5.41, 5.74) is 0.379. The largest absolute Gasteiger partial charge is 0.478 e. The lowest BCUT2D eigenvalue weighted by atomic mass is 10.2. The Morgan fingerprint density at radius 1 is 1.28 bits per heavy atom. The molecule has 1 N–H and O–H groups in total. The number of nitrogens with zero attached hydrogens (tertiary/aromatic N) is 2. The number of aromatic carboxylic acids is 1. The zero-order valence-corrected chi connectivity index (χ0v) is 9.20. The van der Waals surface area contributed by atoms with Gasteiger partial charge in [0.1, 0.15) is 23.3 Å². The highest BCUT2D eigenvalue weighted by molar-refractivity contribution is 5.88. The summed E-state index contributed by atoms with van der Waals surface area (Å²) in [5.74, 6) is -0.193. The van der Waals surface area contributed by atoms with Gasteiger partial charge in [0.15, 0.2) is 0 Å². The number of aromatic nitrogens is 1. The molecule has 0 radical (unpaired) electrons. The SMILES string of the molecule is N#Cc1cc(Oc2cccc(C(=O)O)c2)ccn1. The molecular formula is C13H8N2O3. The van der Waals surface area contributed by atoms with Crippen LogP contribution < -0.4 is 4.74 Å². The second-order valence-electron chi connectivity index (χ2n) is 3.42. The Kier molecular flexibility index (Phi) is 3.21. The van der Waals surface area contributed by atoms with Crippen LogP contribution in [0.5, 0.6) is 11.5 Å². The first-order valence-corrected chi connectivity index (χ1v) is 5.06. The summed E-state index contributed by atoms with van der Waals surface area (Å²) >= 11 is 0. The third kappa shape index (κ3) is 2.62. The molecule has 1 heterocycles. The molecule has 0 fully saturated rings. The Morgan fingerprint density at radius 3 is 2.78 bits per heavy atom. The van der Waals surface area contributed by atoms with Crippen LogP contribution in [0.2, 0.25) is 0 Å². The molecule has 0 saturated heterocycles. The average molecular weight is 240 g/mol. The van der Waals surface area contributed by atoms with Gasteiger partial charge in [-0.15, -0.1) is 0 Å². The maximum Gasteiger partial charge on any atom is 0.335 e. The lowest BCUT2D eigenvalue weighted by molar-refractivity contribution is 0.0696. The Balaban J connectivity index is 2.26. The number of benzene rings is 1. The van der Waals surface area contributed by atoms with Crippen molar-refractivity contribution in [1.82, 2.24) is 4.98 Å². The molecule has 0 unspecified atom stereocenters. The molecule has 2 aromatic rings. The van der Waals surface area contributed by atoms with E-state index in [0.717, 1.165) is 0 Å². The van der Waals surface area contributed by atoms with Crippen LogP contribution in [0.3, 0.4) is 0 Å². The number of hydrogen-bond donors (Lipinski definition) is 1. The third-order valence-corrected chi connectivity index (χ3v) is 2.16. The van der Waals surface area contributed by atoms with Crippen molar-refractivity contribution in [3.63, 3.8) is 0 Å².